The third-order valence-electron chi connectivity index (χ3n) is 4.65. The topological polar surface area (TPSA) is 93.1 Å². The molecular weight excluding hydrogens is 368 g/mol. The summed E-state index contributed by atoms with van der Waals surface area (Å²) in [6, 6.07) is 10.7. The number of carbonyl (C=O) groups excluding carboxylic acids is 1. The minimum absolute atomic E-state index is 0.195. The molecule has 0 unspecified atom stereocenters. The molecule has 4 rings (SSSR count). The van der Waals surface area contributed by atoms with E-state index in [0.29, 0.717) is 17.1 Å². The Morgan fingerprint density at radius 2 is 1.72 bits per heavy atom. The third-order valence-corrected chi connectivity index (χ3v) is 4.65. The average Bonchev–Trinajstić information content (AvgIpc) is 2.79. The van der Waals surface area contributed by atoms with Gasteiger partial charge in [0.05, 0.1) is 6.54 Å². The molecule has 1 saturated heterocycles. The summed E-state index contributed by atoms with van der Waals surface area (Å²) in [7, 11) is 0. The Morgan fingerprint density at radius 1 is 0.966 bits per heavy atom. The van der Waals surface area contributed by atoms with Crippen LogP contribution in [0.25, 0.3) is 0 Å². The number of rotatable bonds is 6. The molecular formula is C21H22N6O2. The van der Waals surface area contributed by atoms with Crippen molar-refractivity contribution in [1.82, 2.24) is 25.3 Å². The average molecular weight is 390 g/mol. The number of hydrogen-bond donors (Lipinski definition) is 1. The van der Waals surface area contributed by atoms with Crippen molar-refractivity contribution in [2.24, 2.45) is 0 Å². The summed E-state index contributed by atoms with van der Waals surface area (Å²) in [4.78, 5) is 31.6. The van der Waals surface area contributed by atoms with Crippen molar-refractivity contribution in [2.45, 2.75) is 25.8 Å². The van der Waals surface area contributed by atoms with E-state index >= 15 is 0 Å². The van der Waals surface area contributed by atoms with Gasteiger partial charge in [-0.2, -0.15) is 0 Å². The molecule has 8 nitrogen and oxygen atoms in total. The van der Waals surface area contributed by atoms with E-state index in [2.05, 4.69) is 30.2 Å². The van der Waals surface area contributed by atoms with Crippen molar-refractivity contribution >= 4 is 11.7 Å². The minimum atomic E-state index is -0.195. The molecule has 0 atom stereocenters. The second-order valence-electron chi connectivity index (χ2n) is 6.72. The number of hydrogen-bond acceptors (Lipinski definition) is 7. The summed E-state index contributed by atoms with van der Waals surface area (Å²) >= 11 is 0. The maximum Gasteiger partial charge on any atom is 0.321 e. The highest BCUT2D eigenvalue weighted by molar-refractivity contribution is 5.94. The number of ether oxygens (including phenoxy) is 1. The first-order valence-electron chi connectivity index (χ1n) is 9.68. The Kier molecular flexibility index (Phi) is 5.89. The molecule has 0 spiro atoms. The van der Waals surface area contributed by atoms with E-state index in [1.54, 1.807) is 48.9 Å². The van der Waals surface area contributed by atoms with Gasteiger partial charge in [-0.25, -0.2) is 19.9 Å². The Hall–Kier alpha value is -3.55. The Bertz CT molecular complexity index is 943. The molecule has 0 aliphatic carbocycles. The third kappa shape index (κ3) is 5.04. The minimum Gasteiger partial charge on any atom is -0.424 e. The molecule has 1 aliphatic heterocycles. The number of nitrogens with zero attached hydrogens (tertiary/aromatic N) is 5. The van der Waals surface area contributed by atoms with Gasteiger partial charge in [0.2, 0.25) is 0 Å². The van der Waals surface area contributed by atoms with Gasteiger partial charge in [0.15, 0.2) is 0 Å². The van der Waals surface area contributed by atoms with Gasteiger partial charge in [0, 0.05) is 37.2 Å². The lowest BCUT2D eigenvalue weighted by molar-refractivity contribution is 0.0950. The van der Waals surface area contributed by atoms with Crippen molar-refractivity contribution in [1.29, 1.82) is 0 Å². The Balaban J connectivity index is 1.33. The van der Waals surface area contributed by atoms with Crippen LogP contribution in [0, 0.1) is 0 Å². The highest BCUT2D eigenvalue weighted by Gasteiger charge is 2.13. The fourth-order valence-corrected chi connectivity index (χ4v) is 3.15. The van der Waals surface area contributed by atoms with Crippen molar-refractivity contribution in [2.75, 3.05) is 18.0 Å². The molecule has 1 aliphatic rings. The Morgan fingerprint density at radius 3 is 2.48 bits per heavy atom. The number of amides is 1. The van der Waals surface area contributed by atoms with Crippen LogP contribution < -0.4 is 15.0 Å². The van der Waals surface area contributed by atoms with Crippen LogP contribution in [0.4, 0.5) is 5.82 Å². The van der Waals surface area contributed by atoms with Gasteiger partial charge in [-0.05, 0) is 55.7 Å². The SMILES string of the molecule is O=C(NCc1nccc(N2CCCCC2)n1)c1ccc(Oc2ncccn2)cc1. The molecule has 1 fully saturated rings. The molecule has 8 heteroatoms. The first-order chi connectivity index (χ1) is 14.3. The monoisotopic (exact) mass is 390 g/mol. The lowest BCUT2D eigenvalue weighted by Crippen LogP contribution is -2.31. The highest BCUT2D eigenvalue weighted by Crippen LogP contribution is 2.18. The van der Waals surface area contributed by atoms with Crippen molar-refractivity contribution in [3.8, 4) is 11.8 Å². The second-order valence-corrected chi connectivity index (χ2v) is 6.72. The molecule has 29 heavy (non-hydrogen) atoms. The smallest absolute Gasteiger partial charge is 0.321 e. The number of aromatic nitrogens is 4. The summed E-state index contributed by atoms with van der Waals surface area (Å²) in [5.74, 6) is 1.89. The van der Waals surface area contributed by atoms with Crippen molar-refractivity contribution < 1.29 is 9.53 Å². The Labute approximate surface area is 169 Å². The molecule has 2 aromatic heterocycles. The zero-order valence-electron chi connectivity index (χ0n) is 16.0. The van der Waals surface area contributed by atoms with Crippen LogP contribution in [0.5, 0.6) is 11.8 Å². The maximum atomic E-state index is 12.4. The van der Waals surface area contributed by atoms with Crippen LogP contribution in [0.1, 0.15) is 35.4 Å². The van der Waals surface area contributed by atoms with Gasteiger partial charge in [0.1, 0.15) is 17.4 Å². The molecule has 0 saturated carbocycles. The molecule has 1 aromatic carbocycles. The summed E-state index contributed by atoms with van der Waals surface area (Å²) in [5, 5.41) is 2.87. The molecule has 3 heterocycles. The van der Waals surface area contributed by atoms with Crippen LogP contribution in [0.15, 0.2) is 55.0 Å². The number of benzene rings is 1. The molecule has 3 aromatic rings. The normalized spacial score (nSPS) is 13.7. The van der Waals surface area contributed by atoms with E-state index in [0.717, 1.165) is 18.9 Å². The van der Waals surface area contributed by atoms with E-state index in [1.807, 2.05) is 6.07 Å². The predicted octanol–water partition coefficient (Wildman–Crippen LogP) is 2.98. The first-order valence-corrected chi connectivity index (χ1v) is 9.68. The predicted molar refractivity (Wildman–Crippen MR) is 108 cm³/mol. The fourth-order valence-electron chi connectivity index (χ4n) is 3.15. The van der Waals surface area contributed by atoms with Gasteiger partial charge < -0.3 is 15.0 Å². The summed E-state index contributed by atoms with van der Waals surface area (Å²) in [6.45, 7) is 2.31. The second kappa shape index (κ2) is 9.09. The van der Waals surface area contributed by atoms with Gasteiger partial charge in [-0.15, -0.1) is 0 Å². The molecule has 148 valence electrons. The number of piperidine rings is 1. The number of carbonyl (C=O) groups is 1. The maximum absolute atomic E-state index is 12.4. The zero-order chi connectivity index (χ0) is 19.9. The number of nitrogens with one attached hydrogen (secondary N) is 1. The van der Waals surface area contributed by atoms with Crippen molar-refractivity contribution in [3.05, 3.63) is 66.4 Å². The van der Waals surface area contributed by atoms with Gasteiger partial charge in [0.25, 0.3) is 5.91 Å². The first kappa shape index (κ1) is 18.8. The lowest BCUT2D eigenvalue weighted by atomic mass is 10.1. The van der Waals surface area contributed by atoms with Gasteiger partial charge in [-0.3, -0.25) is 4.79 Å². The number of anilines is 1. The molecule has 0 radical (unpaired) electrons. The van der Waals surface area contributed by atoms with Crippen LogP contribution in [-0.2, 0) is 6.54 Å². The summed E-state index contributed by atoms with van der Waals surface area (Å²) < 4.78 is 5.53. The standard InChI is InChI=1S/C21H22N6O2/c28-20(16-5-7-17(8-6-16)29-21-23-10-4-11-24-21)25-15-18-22-12-9-19(26-18)27-13-2-1-3-14-27/h4-12H,1-3,13-15H2,(H,25,28). The van der Waals surface area contributed by atoms with Crippen LogP contribution in [0.3, 0.4) is 0 Å². The van der Waals surface area contributed by atoms with E-state index in [9.17, 15) is 4.79 Å². The molecule has 1 amide bonds. The van der Waals surface area contributed by atoms with E-state index < -0.39 is 0 Å². The van der Waals surface area contributed by atoms with Crippen LogP contribution in [-0.4, -0.2) is 38.9 Å². The highest BCUT2D eigenvalue weighted by atomic mass is 16.5. The molecule has 1 N–H and O–H groups in total. The summed E-state index contributed by atoms with van der Waals surface area (Å²) in [5.41, 5.74) is 0.526. The molecule has 0 bridgehead atoms. The van der Waals surface area contributed by atoms with Crippen molar-refractivity contribution in [3.63, 3.8) is 0 Å². The van der Waals surface area contributed by atoms with Crippen LogP contribution >= 0.6 is 0 Å². The van der Waals surface area contributed by atoms with Gasteiger partial charge >= 0.3 is 6.01 Å². The quantitative estimate of drug-likeness (QED) is 0.691. The van der Waals surface area contributed by atoms with Gasteiger partial charge in [-0.1, -0.05) is 0 Å². The van der Waals surface area contributed by atoms with E-state index in [4.69, 9.17) is 4.74 Å². The zero-order valence-corrected chi connectivity index (χ0v) is 16.0. The van der Waals surface area contributed by atoms with E-state index in [1.165, 1.54) is 19.3 Å². The lowest BCUT2D eigenvalue weighted by Gasteiger charge is -2.27. The van der Waals surface area contributed by atoms with E-state index in [-0.39, 0.29) is 18.5 Å². The fraction of sp³-hybridized carbons (Fsp3) is 0.286. The van der Waals surface area contributed by atoms with Crippen LogP contribution in [0.2, 0.25) is 0 Å². The summed E-state index contributed by atoms with van der Waals surface area (Å²) in [6.07, 6.45) is 8.60. The largest absolute Gasteiger partial charge is 0.424 e.